The molecule has 106 valence electrons. The van der Waals surface area contributed by atoms with Crippen LogP contribution >= 0.6 is 7.60 Å². The van der Waals surface area contributed by atoms with Gasteiger partial charge in [-0.05, 0) is 19.7 Å². The molecule has 1 saturated heterocycles. The van der Waals surface area contributed by atoms with Gasteiger partial charge in [0.25, 0.3) is 0 Å². The fourth-order valence-corrected chi connectivity index (χ4v) is 4.66. The van der Waals surface area contributed by atoms with Crippen LogP contribution in [0, 0.1) is 5.41 Å². The van der Waals surface area contributed by atoms with E-state index in [2.05, 4.69) is 0 Å². The molecular formula is C14H22NO3P. The normalized spacial score (nSPS) is 23.2. The van der Waals surface area contributed by atoms with E-state index in [9.17, 15) is 4.57 Å². The molecule has 1 aromatic rings. The third-order valence-electron chi connectivity index (χ3n) is 3.16. The van der Waals surface area contributed by atoms with Crippen LogP contribution in [0.4, 0.5) is 0 Å². The van der Waals surface area contributed by atoms with E-state index in [1.165, 1.54) is 0 Å². The van der Waals surface area contributed by atoms with E-state index in [0.717, 1.165) is 5.56 Å². The Bertz CT molecular complexity index is 459. The van der Waals surface area contributed by atoms with Crippen molar-refractivity contribution in [2.45, 2.75) is 19.6 Å². The van der Waals surface area contributed by atoms with Gasteiger partial charge in [0.2, 0.25) is 0 Å². The Morgan fingerprint density at radius 2 is 1.68 bits per heavy atom. The molecule has 0 spiro atoms. The van der Waals surface area contributed by atoms with Gasteiger partial charge in [-0.15, -0.1) is 0 Å². The Kier molecular flexibility index (Phi) is 4.17. The average Bonchev–Trinajstić information content (AvgIpc) is 2.35. The number of rotatable bonds is 3. The van der Waals surface area contributed by atoms with Crippen LogP contribution in [-0.4, -0.2) is 32.2 Å². The molecule has 1 fully saturated rings. The van der Waals surface area contributed by atoms with Gasteiger partial charge in [0.05, 0.1) is 13.2 Å². The van der Waals surface area contributed by atoms with Gasteiger partial charge < -0.3 is 9.05 Å². The number of nitrogens with zero attached hydrogens (tertiary/aromatic N) is 1. The first-order chi connectivity index (χ1) is 8.84. The first-order valence-corrected chi connectivity index (χ1v) is 8.05. The SMILES string of the molecule is CN(C)C(c1ccccc1)P1(=O)OCC(C)(C)CO1. The van der Waals surface area contributed by atoms with Crippen LogP contribution in [0.2, 0.25) is 0 Å². The molecule has 1 heterocycles. The quantitative estimate of drug-likeness (QED) is 0.796. The van der Waals surface area contributed by atoms with Gasteiger partial charge in [0.15, 0.2) is 0 Å². The highest BCUT2D eigenvalue weighted by Crippen LogP contribution is 2.64. The summed E-state index contributed by atoms with van der Waals surface area (Å²) in [5.41, 5.74) is 0.872. The minimum Gasteiger partial charge on any atom is -0.307 e. The van der Waals surface area contributed by atoms with Gasteiger partial charge in [-0.2, -0.15) is 0 Å². The van der Waals surface area contributed by atoms with Crippen molar-refractivity contribution in [1.82, 2.24) is 4.90 Å². The Labute approximate surface area is 115 Å². The second-order valence-corrected chi connectivity index (χ2v) is 8.08. The van der Waals surface area contributed by atoms with Crippen molar-refractivity contribution >= 4 is 7.60 Å². The van der Waals surface area contributed by atoms with Crippen LogP contribution in [0.25, 0.3) is 0 Å². The number of hydrogen-bond donors (Lipinski definition) is 0. The topological polar surface area (TPSA) is 38.8 Å². The van der Waals surface area contributed by atoms with E-state index in [1.807, 2.05) is 63.2 Å². The van der Waals surface area contributed by atoms with Crippen molar-refractivity contribution in [3.05, 3.63) is 35.9 Å². The van der Waals surface area contributed by atoms with Crippen LogP contribution in [0.5, 0.6) is 0 Å². The highest BCUT2D eigenvalue weighted by Gasteiger charge is 2.44. The molecular weight excluding hydrogens is 261 g/mol. The largest absolute Gasteiger partial charge is 0.352 e. The van der Waals surface area contributed by atoms with E-state index in [1.54, 1.807) is 0 Å². The van der Waals surface area contributed by atoms with Gasteiger partial charge >= 0.3 is 7.60 Å². The summed E-state index contributed by atoms with van der Waals surface area (Å²) >= 11 is 0. The molecule has 0 radical (unpaired) electrons. The molecule has 0 aromatic heterocycles. The highest BCUT2D eigenvalue weighted by molar-refractivity contribution is 7.54. The van der Waals surface area contributed by atoms with Crippen molar-refractivity contribution in [1.29, 1.82) is 0 Å². The maximum Gasteiger partial charge on any atom is 0.352 e. The van der Waals surface area contributed by atoms with Crippen molar-refractivity contribution in [2.75, 3.05) is 27.3 Å². The van der Waals surface area contributed by atoms with E-state index in [0.29, 0.717) is 13.2 Å². The lowest BCUT2D eigenvalue weighted by molar-refractivity contribution is 0.0314. The lowest BCUT2D eigenvalue weighted by atomic mass is 9.97. The average molecular weight is 283 g/mol. The van der Waals surface area contributed by atoms with Crippen molar-refractivity contribution in [3.8, 4) is 0 Å². The van der Waals surface area contributed by atoms with E-state index in [-0.39, 0.29) is 11.2 Å². The van der Waals surface area contributed by atoms with Crippen molar-refractivity contribution < 1.29 is 13.6 Å². The fraction of sp³-hybridized carbons (Fsp3) is 0.571. The zero-order valence-electron chi connectivity index (χ0n) is 12.0. The van der Waals surface area contributed by atoms with Gasteiger partial charge in [-0.1, -0.05) is 44.2 Å². The summed E-state index contributed by atoms with van der Waals surface area (Å²) in [6.45, 7) is 5.01. The summed E-state index contributed by atoms with van der Waals surface area (Å²) in [4.78, 5) is 1.90. The van der Waals surface area contributed by atoms with Gasteiger partial charge in [0.1, 0.15) is 5.78 Å². The van der Waals surface area contributed by atoms with Crippen LogP contribution in [0.15, 0.2) is 30.3 Å². The molecule has 1 aliphatic heterocycles. The molecule has 0 amide bonds. The van der Waals surface area contributed by atoms with Gasteiger partial charge in [0, 0.05) is 5.41 Å². The molecule has 0 aliphatic carbocycles. The summed E-state index contributed by atoms with van der Waals surface area (Å²) in [5.74, 6) is -0.357. The molecule has 1 atom stereocenters. The van der Waals surface area contributed by atoms with E-state index in [4.69, 9.17) is 9.05 Å². The zero-order valence-corrected chi connectivity index (χ0v) is 12.9. The minimum absolute atomic E-state index is 0.0819. The third kappa shape index (κ3) is 3.26. The monoisotopic (exact) mass is 283 g/mol. The lowest BCUT2D eigenvalue weighted by Gasteiger charge is -2.39. The number of hydrogen-bond acceptors (Lipinski definition) is 4. The molecule has 1 aliphatic rings. The van der Waals surface area contributed by atoms with E-state index < -0.39 is 7.60 Å². The second kappa shape index (κ2) is 5.37. The summed E-state index contributed by atoms with van der Waals surface area (Å²) in [6, 6.07) is 9.73. The van der Waals surface area contributed by atoms with Crippen molar-refractivity contribution in [2.24, 2.45) is 5.41 Å². The molecule has 0 saturated carbocycles. The summed E-state index contributed by atoms with van der Waals surface area (Å²) < 4.78 is 24.3. The summed E-state index contributed by atoms with van der Waals surface area (Å²) in [6.07, 6.45) is 0. The maximum atomic E-state index is 13.0. The first kappa shape index (κ1) is 14.7. The predicted octanol–water partition coefficient (Wildman–Crippen LogP) is 3.51. The first-order valence-electron chi connectivity index (χ1n) is 6.44. The Morgan fingerprint density at radius 1 is 1.16 bits per heavy atom. The fourth-order valence-electron chi connectivity index (χ4n) is 2.14. The summed E-state index contributed by atoms with van der Waals surface area (Å²) in [7, 11) is 0.630. The van der Waals surface area contributed by atoms with Crippen LogP contribution in [-0.2, 0) is 13.6 Å². The summed E-state index contributed by atoms with van der Waals surface area (Å²) in [5, 5.41) is 0. The minimum atomic E-state index is -3.16. The van der Waals surface area contributed by atoms with Crippen LogP contribution in [0.1, 0.15) is 25.2 Å². The lowest BCUT2D eigenvalue weighted by Crippen LogP contribution is -2.33. The number of benzene rings is 1. The Morgan fingerprint density at radius 3 is 2.16 bits per heavy atom. The molecule has 0 N–H and O–H groups in total. The molecule has 4 nitrogen and oxygen atoms in total. The highest BCUT2D eigenvalue weighted by atomic mass is 31.2. The Balaban J connectivity index is 2.28. The van der Waals surface area contributed by atoms with E-state index >= 15 is 0 Å². The molecule has 1 unspecified atom stereocenters. The third-order valence-corrected chi connectivity index (χ3v) is 5.49. The molecule has 5 heteroatoms. The predicted molar refractivity (Wildman–Crippen MR) is 76.2 cm³/mol. The van der Waals surface area contributed by atoms with Gasteiger partial charge in [-0.3, -0.25) is 9.46 Å². The molecule has 19 heavy (non-hydrogen) atoms. The Hall–Kier alpha value is -0.670. The standard InChI is InChI=1S/C14H22NO3P/c1-14(2)10-17-19(16,18-11-14)13(15(3)4)12-8-6-5-7-9-12/h5-9,13H,10-11H2,1-4H3. The van der Waals surface area contributed by atoms with Gasteiger partial charge in [-0.25, -0.2) is 0 Å². The van der Waals surface area contributed by atoms with Crippen molar-refractivity contribution in [3.63, 3.8) is 0 Å². The smallest absolute Gasteiger partial charge is 0.307 e. The maximum absolute atomic E-state index is 13.0. The zero-order chi connectivity index (χ0) is 14.1. The van der Waals surface area contributed by atoms with Crippen LogP contribution in [0.3, 0.4) is 0 Å². The molecule has 0 bridgehead atoms. The molecule has 1 aromatic carbocycles. The van der Waals surface area contributed by atoms with Crippen LogP contribution < -0.4 is 0 Å². The molecule has 2 rings (SSSR count). The second-order valence-electron chi connectivity index (χ2n) is 6.00.